The number of aromatic nitrogens is 2. The Morgan fingerprint density at radius 3 is 3.21 bits per heavy atom. The number of nitrogens with one attached hydrogen (secondary N) is 1. The van der Waals surface area contributed by atoms with E-state index in [1.165, 1.54) is 19.3 Å². The third kappa shape index (κ3) is 4.64. The lowest BCUT2D eigenvalue weighted by molar-refractivity contribution is -0.121. The summed E-state index contributed by atoms with van der Waals surface area (Å²) in [6.45, 7) is 5.04. The maximum Gasteiger partial charge on any atom is 0.227 e. The summed E-state index contributed by atoms with van der Waals surface area (Å²) in [4.78, 5) is 18.7. The van der Waals surface area contributed by atoms with Crippen LogP contribution in [0.25, 0.3) is 11.4 Å². The lowest BCUT2D eigenvalue weighted by Crippen LogP contribution is -2.42. The highest BCUT2D eigenvalue weighted by Gasteiger charge is 2.17. The Morgan fingerprint density at radius 1 is 1.50 bits per heavy atom. The van der Waals surface area contributed by atoms with Crippen molar-refractivity contribution < 1.29 is 9.32 Å². The highest BCUT2D eigenvalue weighted by Crippen LogP contribution is 2.19. The number of likely N-dealkylation sites (tertiary alicyclic amines) is 1. The highest BCUT2D eigenvalue weighted by molar-refractivity contribution is 7.08. The molecule has 0 aromatic carbocycles. The van der Waals surface area contributed by atoms with Crippen molar-refractivity contribution >= 4 is 17.2 Å². The molecule has 1 aliphatic heterocycles. The van der Waals surface area contributed by atoms with Crippen molar-refractivity contribution in [2.45, 2.75) is 45.1 Å². The monoisotopic (exact) mass is 348 g/mol. The minimum atomic E-state index is 0.0370. The fourth-order valence-electron chi connectivity index (χ4n) is 3.00. The van der Waals surface area contributed by atoms with Crippen molar-refractivity contribution in [3.8, 4) is 11.4 Å². The van der Waals surface area contributed by atoms with Crippen LogP contribution in [0.4, 0.5) is 0 Å². The Morgan fingerprint density at radius 2 is 2.42 bits per heavy atom. The molecule has 1 atom stereocenters. The number of nitrogens with zero attached hydrogens (tertiary/aromatic N) is 3. The quantitative estimate of drug-likeness (QED) is 0.833. The van der Waals surface area contributed by atoms with E-state index in [4.69, 9.17) is 4.52 Å². The van der Waals surface area contributed by atoms with Gasteiger partial charge in [0.25, 0.3) is 0 Å². The van der Waals surface area contributed by atoms with E-state index in [1.807, 2.05) is 16.8 Å². The van der Waals surface area contributed by atoms with Crippen molar-refractivity contribution in [2.75, 3.05) is 19.6 Å². The second-order valence-corrected chi connectivity index (χ2v) is 7.03. The zero-order valence-corrected chi connectivity index (χ0v) is 14.8. The normalized spacial score (nSPS) is 18.6. The van der Waals surface area contributed by atoms with Gasteiger partial charge in [0.1, 0.15) is 0 Å². The van der Waals surface area contributed by atoms with E-state index in [9.17, 15) is 4.79 Å². The average molecular weight is 348 g/mol. The number of hydrogen-bond donors (Lipinski definition) is 1. The summed E-state index contributed by atoms with van der Waals surface area (Å²) in [6.07, 6.45) is 4.70. The number of aryl methyl sites for hydroxylation is 1. The molecule has 1 aliphatic rings. The summed E-state index contributed by atoms with van der Waals surface area (Å²) in [7, 11) is 0. The Hall–Kier alpha value is -1.73. The van der Waals surface area contributed by atoms with E-state index in [0.717, 1.165) is 18.7 Å². The number of thiophene rings is 1. The molecule has 1 saturated heterocycles. The lowest BCUT2D eigenvalue weighted by atomic mass is 10.0. The van der Waals surface area contributed by atoms with E-state index >= 15 is 0 Å². The third-order valence-electron chi connectivity index (χ3n) is 4.48. The Labute approximate surface area is 146 Å². The van der Waals surface area contributed by atoms with Crippen molar-refractivity contribution in [1.29, 1.82) is 0 Å². The standard InChI is InChI=1S/C17H24N4O2S/c1-13-4-2-3-9-21(13)10-8-18-15(22)5-6-16-19-17(20-23-16)14-7-11-24-12-14/h7,11-13H,2-6,8-10H2,1H3,(H,18,22)/t13-/m0/s1. The number of carbonyl (C=O) groups is 1. The van der Waals surface area contributed by atoms with Crippen LogP contribution < -0.4 is 5.32 Å². The first-order valence-electron chi connectivity index (χ1n) is 8.58. The van der Waals surface area contributed by atoms with Gasteiger partial charge >= 0.3 is 0 Å². The predicted molar refractivity (Wildman–Crippen MR) is 93.8 cm³/mol. The first kappa shape index (κ1) is 17.1. The summed E-state index contributed by atoms with van der Waals surface area (Å²) >= 11 is 1.59. The van der Waals surface area contributed by atoms with Gasteiger partial charge in [-0.3, -0.25) is 9.69 Å². The third-order valence-corrected chi connectivity index (χ3v) is 5.16. The van der Waals surface area contributed by atoms with Crippen LogP contribution in [-0.4, -0.2) is 46.6 Å². The molecule has 0 saturated carbocycles. The van der Waals surface area contributed by atoms with Gasteiger partial charge in [0, 0.05) is 42.9 Å². The van der Waals surface area contributed by atoms with Gasteiger partial charge in [0.05, 0.1) is 0 Å². The van der Waals surface area contributed by atoms with E-state index in [1.54, 1.807) is 11.3 Å². The zero-order valence-electron chi connectivity index (χ0n) is 14.0. The van der Waals surface area contributed by atoms with Gasteiger partial charge in [-0.1, -0.05) is 11.6 Å². The van der Waals surface area contributed by atoms with Crippen molar-refractivity contribution in [3.63, 3.8) is 0 Å². The molecule has 3 rings (SSSR count). The Balaban J connectivity index is 1.36. The summed E-state index contributed by atoms with van der Waals surface area (Å²) in [5, 5.41) is 10.9. The fraction of sp³-hybridized carbons (Fsp3) is 0.588. The van der Waals surface area contributed by atoms with Gasteiger partial charge in [0.15, 0.2) is 0 Å². The van der Waals surface area contributed by atoms with E-state index in [-0.39, 0.29) is 5.91 Å². The van der Waals surface area contributed by atoms with Crippen molar-refractivity contribution in [1.82, 2.24) is 20.4 Å². The first-order chi connectivity index (χ1) is 11.7. The van der Waals surface area contributed by atoms with Gasteiger partial charge in [-0.25, -0.2) is 0 Å². The molecule has 1 N–H and O–H groups in total. The number of carbonyl (C=O) groups excluding carboxylic acids is 1. The molecule has 1 amide bonds. The summed E-state index contributed by atoms with van der Waals surface area (Å²) < 4.78 is 5.21. The van der Waals surface area contributed by atoms with E-state index < -0.39 is 0 Å². The van der Waals surface area contributed by atoms with Crippen LogP contribution in [0.5, 0.6) is 0 Å². The van der Waals surface area contributed by atoms with Crippen LogP contribution in [0.15, 0.2) is 21.3 Å². The van der Waals surface area contributed by atoms with Gasteiger partial charge in [0.2, 0.25) is 17.6 Å². The fourth-order valence-corrected chi connectivity index (χ4v) is 3.64. The zero-order chi connectivity index (χ0) is 16.8. The SMILES string of the molecule is C[C@H]1CCCCN1CCNC(=O)CCc1nc(-c2ccsc2)no1. The van der Waals surface area contributed by atoms with Gasteiger partial charge < -0.3 is 9.84 Å². The number of hydrogen-bond acceptors (Lipinski definition) is 6. The average Bonchev–Trinajstić information content (AvgIpc) is 3.26. The Kier molecular flexibility index (Phi) is 5.98. The van der Waals surface area contributed by atoms with Gasteiger partial charge in [-0.2, -0.15) is 16.3 Å². The molecule has 0 unspecified atom stereocenters. The minimum Gasteiger partial charge on any atom is -0.355 e. The molecule has 7 heteroatoms. The van der Waals surface area contributed by atoms with Gasteiger partial charge in [-0.15, -0.1) is 0 Å². The summed E-state index contributed by atoms with van der Waals surface area (Å²) in [5.74, 6) is 1.14. The van der Waals surface area contributed by atoms with Crippen LogP contribution in [0.2, 0.25) is 0 Å². The first-order valence-corrected chi connectivity index (χ1v) is 9.52. The maximum atomic E-state index is 12.0. The Bertz CT molecular complexity index is 641. The van der Waals surface area contributed by atoms with Crippen molar-refractivity contribution in [2.24, 2.45) is 0 Å². The second-order valence-electron chi connectivity index (χ2n) is 6.25. The number of piperidine rings is 1. The molecule has 0 radical (unpaired) electrons. The molecule has 0 aliphatic carbocycles. The highest BCUT2D eigenvalue weighted by atomic mass is 32.1. The van der Waals surface area contributed by atoms with Crippen molar-refractivity contribution in [3.05, 3.63) is 22.7 Å². The predicted octanol–water partition coefficient (Wildman–Crippen LogP) is 2.72. The second kappa shape index (κ2) is 8.39. The maximum absolute atomic E-state index is 12.0. The van der Waals surface area contributed by atoms with E-state index in [2.05, 4.69) is 27.3 Å². The minimum absolute atomic E-state index is 0.0370. The van der Waals surface area contributed by atoms with E-state index in [0.29, 0.717) is 37.1 Å². The molecule has 0 spiro atoms. The lowest BCUT2D eigenvalue weighted by Gasteiger charge is -2.33. The van der Waals surface area contributed by atoms with Crippen LogP contribution in [0.1, 0.15) is 38.5 Å². The van der Waals surface area contributed by atoms with Crippen LogP contribution >= 0.6 is 11.3 Å². The summed E-state index contributed by atoms with van der Waals surface area (Å²) in [6, 6.07) is 2.58. The molecule has 3 heterocycles. The summed E-state index contributed by atoms with van der Waals surface area (Å²) in [5.41, 5.74) is 0.954. The molecule has 6 nitrogen and oxygen atoms in total. The molecular formula is C17H24N4O2S. The largest absolute Gasteiger partial charge is 0.355 e. The number of rotatable bonds is 7. The molecular weight excluding hydrogens is 324 g/mol. The molecule has 24 heavy (non-hydrogen) atoms. The molecule has 2 aromatic heterocycles. The van der Waals surface area contributed by atoms with Crippen LogP contribution in [-0.2, 0) is 11.2 Å². The van der Waals surface area contributed by atoms with Crippen LogP contribution in [0, 0.1) is 0 Å². The van der Waals surface area contributed by atoms with Gasteiger partial charge in [-0.05, 0) is 37.8 Å². The van der Waals surface area contributed by atoms with Crippen LogP contribution in [0.3, 0.4) is 0 Å². The smallest absolute Gasteiger partial charge is 0.227 e. The molecule has 1 fully saturated rings. The number of amides is 1. The topological polar surface area (TPSA) is 71.3 Å². The molecule has 2 aromatic rings. The molecule has 130 valence electrons. The molecule has 0 bridgehead atoms.